The molecule has 2 aromatic rings. The molecule has 1 fully saturated rings. The number of anilines is 1. The van der Waals surface area contributed by atoms with Crippen LogP contribution in [0.5, 0.6) is 0 Å². The van der Waals surface area contributed by atoms with Crippen molar-refractivity contribution in [2.75, 3.05) is 31.2 Å². The van der Waals surface area contributed by atoms with Gasteiger partial charge in [-0.2, -0.15) is 0 Å². The molecule has 0 saturated carbocycles. The molecule has 1 aliphatic rings. The Morgan fingerprint density at radius 3 is 2.05 bits per heavy atom. The van der Waals surface area contributed by atoms with Crippen LogP contribution in [0.2, 0.25) is 0 Å². The van der Waals surface area contributed by atoms with Crippen molar-refractivity contribution in [3.8, 4) is 11.1 Å². The van der Waals surface area contributed by atoms with Crippen molar-refractivity contribution in [2.24, 2.45) is 0 Å². The van der Waals surface area contributed by atoms with Crippen LogP contribution < -0.4 is 4.90 Å². The lowest BCUT2D eigenvalue weighted by molar-refractivity contribution is 0.122. The second kappa shape index (κ2) is 5.68. The van der Waals surface area contributed by atoms with Gasteiger partial charge in [0, 0.05) is 18.8 Å². The first-order chi connectivity index (χ1) is 9.75. The number of morpholine rings is 1. The first-order valence-electron chi connectivity index (χ1n) is 7.25. The molecule has 0 aromatic heterocycles. The lowest BCUT2D eigenvalue weighted by atomic mass is 9.96. The maximum Gasteiger partial charge on any atom is 0.0642 e. The van der Waals surface area contributed by atoms with Gasteiger partial charge in [0.15, 0.2) is 0 Å². The Morgan fingerprint density at radius 1 is 0.850 bits per heavy atom. The summed E-state index contributed by atoms with van der Waals surface area (Å²) in [7, 11) is 0. The van der Waals surface area contributed by atoms with Gasteiger partial charge in [0.25, 0.3) is 0 Å². The molecular formula is C18H21NO. The molecule has 0 N–H and O–H groups in total. The number of aryl methyl sites for hydroxylation is 2. The zero-order chi connectivity index (χ0) is 13.9. The third-order valence-corrected chi connectivity index (χ3v) is 4.01. The Balaban J connectivity index is 1.89. The predicted molar refractivity (Wildman–Crippen MR) is 84.4 cm³/mol. The van der Waals surface area contributed by atoms with Crippen molar-refractivity contribution in [2.45, 2.75) is 13.8 Å². The Morgan fingerprint density at radius 2 is 1.45 bits per heavy atom. The van der Waals surface area contributed by atoms with Gasteiger partial charge in [0.2, 0.25) is 0 Å². The van der Waals surface area contributed by atoms with Gasteiger partial charge in [-0.15, -0.1) is 0 Å². The van der Waals surface area contributed by atoms with Crippen molar-refractivity contribution in [3.63, 3.8) is 0 Å². The fourth-order valence-electron chi connectivity index (χ4n) is 2.93. The SMILES string of the molecule is Cc1cccc(C)c1-c1ccc(N2CCOCC2)cc1. The molecule has 0 aliphatic carbocycles. The Hall–Kier alpha value is -1.80. The second-order valence-electron chi connectivity index (χ2n) is 5.41. The van der Waals surface area contributed by atoms with Crippen LogP contribution in [0.25, 0.3) is 11.1 Å². The molecule has 104 valence electrons. The van der Waals surface area contributed by atoms with Crippen molar-refractivity contribution in [1.29, 1.82) is 0 Å². The highest BCUT2D eigenvalue weighted by Crippen LogP contribution is 2.29. The molecule has 3 rings (SSSR count). The molecular weight excluding hydrogens is 246 g/mol. The zero-order valence-electron chi connectivity index (χ0n) is 12.2. The van der Waals surface area contributed by atoms with E-state index in [-0.39, 0.29) is 0 Å². The largest absolute Gasteiger partial charge is 0.378 e. The van der Waals surface area contributed by atoms with Gasteiger partial charge in [0.05, 0.1) is 13.2 Å². The number of benzene rings is 2. The summed E-state index contributed by atoms with van der Waals surface area (Å²) in [5, 5.41) is 0. The Labute approximate surface area is 121 Å². The average Bonchev–Trinajstić information content (AvgIpc) is 2.49. The van der Waals surface area contributed by atoms with E-state index in [1.165, 1.54) is 27.9 Å². The summed E-state index contributed by atoms with van der Waals surface area (Å²) in [5.41, 5.74) is 6.63. The van der Waals surface area contributed by atoms with Crippen LogP contribution in [0.3, 0.4) is 0 Å². The Kier molecular flexibility index (Phi) is 3.75. The van der Waals surface area contributed by atoms with E-state index in [1.807, 2.05) is 0 Å². The molecule has 0 radical (unpaired) electrons. The van der Waals surface area contributed by atoms with Crippen LogP contribution in [0.4, 0.5) is 5.69 Å². The summed E-state index contributed by atoms with van der Waals surface area (Å²) >= 11 is 0. The van der Waals surface area contributed by atoms with E-state index in [0.29, 0.717) is 0 Å². The van der Waals surface area contributed by atoms with Crippen LogP contribution in [0, 0.1) is 13.8 Å². The van der Waals surface area contributed by atoms with Crippen molar-refractivity contribution >= 4 is 5.69 Å². The molecule has 1 saturated heterocycles. The maximum atomic E-state index is 5.40. The molecule has 0 amide bonds. The van der Waals surface area contributed by atoms with E-state index in [4.69, 9.17) is 4.74 Å². The number of ether oxygens (including phenoxy) is 1. The van der Waals surface area contributed by atoms with Gasteiger partial charge in [-0.1, -0.05) is 30.3 Å². The molecule has 1 heterocycles. The van der Waals surface area contributed by atoms with E-state index >= 15 is 0 Å². The lowest BCUT2D eigenvalue weighted by Crippen LogP contribution is -2.36. The molecule has 0 spiro atoms. The molecule has 0 bridgehead atoms. The van der Waals surface area contributed by atoms with Gasteiger partial charge in [0.1, 0.15) is 0 Å². The topological polar surface area (TPSA) is 12.5 Å². The van der Waals surface area contributed by atoms with Crippen molar-refractivity contribution in [3.05, 3.63) is 53.6 Å². The quantitative estimate of drug-likeness (QED) is 0.820. The number of hydrogen-bond donors (Lipinski definition) is 0. The normalized spacial score (nSPS) is 15.4. The summed E-state index contributed by atoms with van der Waals surface area (Å²) in [6.45, 7) is 8.00. The highest BCUT2D eigenvalue weighted by atomic mass is 16.5. The van der Waals surface area contributed by atoms with Crippen LogP contribution in [-0.2, 0) is 4.74 Å². The Bertz CT molecular complexity index is 563. The summed E-state index contributed by atoms with van der Waals surface area (Å²) in [4.78, 5) is 2.39. The second-order valence-corrected chi connectivity index (χ2v) is 5.41. The van der Waals surface area contributed by atoms with Gasteiger partial charge in [-0.3, -0.25) is 0 Å². The van der Waals surface area contributed by atoms with E-state index in [0.717, 1.165) is 26.3 Å². The highest BCUT2D eigenvalue weighted by molar-refractivity contribution is 5.72. The summed E-state index contributed by atoms with van der Waals surface area (Å²) < 4.78 is 5.40. The number of rotatable bonds is 2. The van der Waals surface area contributed by atoms with Gasteiger partial charge in [-0.25, -0.2) is 0 Å². The van der Waals surface area contributed by atoms with Crippen molar-refractivity contribution < 1.29 is 4.74 Å². The van der Waals surface area contributed by atoms with Crippen LogP contribution in [-0.4, -0.2) is 26.3 Å². The average molecular weight is 267 g/mol. The monoisotopic (exact) mass is 267 g/mol. The summed E-state index contributed by atoms with van der Waals surface area (Å²) in [6.07, 6.45) is 0. The molecule has 2 aromatic carbocycles. The zero-order valence-corrected chi connectivity index (χ0v) is 12.2. The molecule has 20 heavy (non-hydrogen) atoms. The molecule has 0 atom stereocenters. The maximum absolute atomic E-state index is 5.40. The fourth-order valence-corrected chi connectivity index (χ4v) is 2.93. The minimum absolute atomic E-state index is 0.832. The first kappa shape index (κ1) is 13.2. The predicted octanol–water partition coefficient (Wildman–Crippen LogP) is 3.81. The fraction of sp³-hybridized carbons (Fsp3) is 0.333. The molecule has 2 heteroatoms. The number of hydrogen-bond acceptors (Lipinski definition) is 2. The van der Waals surface area contributed by atoms with Gasteiger partial charge >= 0.3 is 0 Å². The summed E-state index contributed by atoms with van der Waals surface area (Å²) in [5.74, 6) is 0. The van der Waals surface area contributed by atoms with Gasteiger partial charge in [-0.05, 0) is 48.2 Å². The van der Waals surface area contributed by atoms with E-state index in [9.17, 15) is 0 Å². The first-order valence-corrected chi connectivity index (χ1v) is 7.25. The van der Waals surface area contributed by atoms with Gasteiger partial charge < -0.3 is 9.64 Å². The van der Waals surface area contributed by atoms with Crippen LogP contribution in [0.1, 0.15) is 11.1 Å². The molecule has 2 nitrogen and oxygen atoms in total. The lowest BCUT2D eigenvalue weighted by Gasteiger charge is -2.29. The smallest absolute Gasteiger partial charge is 0.0642 e. The van der Waals surface area contributed by atoms with E-state index in [1.54, 1.807) is 0 Å². The highest BCUT2D eigenvalue weighted by Gasteiger charge is 2.11. The third-order valence-electron chi connectivity index (χ3n) is 4.01. The number of nitrogens with zero attached hydrogens (tertiary/aromatic N) is 1. The van der Waals surface area contributed by atoms with Crippen LogP contribution in [0.15, 0.2) is 42.5 Å². The third kappa shape index (κ3) is 2.56. The van der Waals surface area contributed by atoms with E-state index in [2.05, 4.69) is 61.2 Å². The van der Waals surface area contributed by atoms with Crippen molar-refractivity contribution in [1.82, 2.24) is 0 Å². The van der Waals surface area contributed by atoms with E-state index < -0.39 is 0 Å². The molecule has 0 unspecified atom stereocenters. The minimum Gasteiger partial charge on any atom is -0.378 e. The standard InChI is InChI=1S/C18H21NO/c1-14-4-3-5-15(2)18(14)16-6-8-17(9-7-16)19-10-12-20-13-11-19/h3-9H,10-13H2,1-2H3. The minimum atomic E-state index is 0.832. The van der Waals surface area contributed by atoms with Crippen LogP contribution >= 0.6 is 0 Å². The summed E-state index contributed by atoms with van der Waals surface area (Å²) in [6, 6.07) is 15.4. The molecule has 1 aliphatic heterocycles.